The average Bonchev–Trinajstić information content (AvgIpc) is 2.77. The summed E-state index contributed by atoms with van der Waals surface area (Å²) in [6.45, 7) is 8.30. The highest BCUT2D eigenvalue weighted by atomic mass is 16.5. The van der Waals surface area contributed by atoms with Gasteiger partial charge < -0.3 is 15.0 Å². The molecule has 0 bridgehead atoms. The van der Waals surface area contributed by atoms with Crippen LogP contribution in [0.4, 0.5) is 0 Å². The molecule has 0 aromatic rings. The van der Waals surface area contributed by atoms with E-state index in [-0.39, 0.29) is 24.3 Å². The predicted octanol–water partition coefficient (Wildman–Crippen LogP) is -0.469. The summed E-state index contributed by atoms with van der Waals surface area (Å²) >= 11 is 0. The number of methoxy groups -OCH3 is 1. The van der Waals surface area contributed by atoms with Crippen molar-refractivity contribution in [1.29, 1.82) is 0 Å². The number of hydrogen-bond acceptors (Lipinski definition) is 7. The number of ether oxygens (including phenoxy) is 1. The van der Waals surface area contributed by atoms with E-state index in [9.17, 15) is 14.4 Å². The fraction of sp³-hybridized carbons (Fsp3) is 0.850. The normalized spacial score (nSPS) is 23.0. The van der Waals surface area contributed by atoms with Crippen molar-refractivity contribution in [2.45, 2.75) is 38.6 Å². The van der Waals surface area contributed by atoms with Gasteiger partial charge in [0, 0.05) is 58.2 Å². The van der Waals surface area contributed by atoms with Crippen LogP contribution < -0.4 is 5.32 Å². The fourth-order valence-electron chi connectivity index (χ4n) is 4.69. The lowest BCUT2D eigenvalue weighted by molar-refractivity contribution is -0.163. The second kappa shape index (κ2) is 10.4. The highest BCUT2D eigenvalue weighted by Gasteiger charge is 2.34. The van der Waals surface area contributed by atoms with Crippen LogP contribution in [0.1, 0.15) is 32.6 Å². The summed E-state index contributed by atoms with van der Waals surface area (Å²) in [6.07, 6.45) is 3.81. The van der Waals surface area contributed by atoms with Crippen molar-refractivity contribution in [3.63, 3.8) is 0 Å². The molecule has 3 aliphatic rings. The molecular weight excluding hydrogens is 374 g/mol. The van der Waals surface area contributed by atoms with E-state index in [1.54, 1.807) is 0 Å². The molecule has 1 N–H and O–H groups in total. The topological polar surface area (TPSA) is 85.4 Å². The zero-order valence-corrected chi connectivity index (χ0v) is 17.8. The first kappa shape index (κ1) is 22.0. The van der Waals surface area contributed by atoms with Gasteiger partial charge in [0.2, 0.25) is 11.8 Å². The lowest BCUT2D eigenvalue weighted by Gasteiger charge is -2.43. The van der Waals surface area contributed by atoms with Crippen LogP contribution >= 0.6 is 0 Å². The molecule has 0 saturated carbocycles. The summed E-state index contributed by atoms with van der Waals surface area (Å²) in [4.78, 5) is 41.1. The van der Waals surface area contributed by atoms with E-state index in [0.717, 1.165) is 39.3 Å². The standard InChI is InChI=1S/C20H35N5O4/c1-16(26)25(15-19(27)29-2)24-9-5-17(6-10-24)20(28)23-13-11-22(12-14-23)18-3-7-21-8-4-18/h17-18,21H,3-15H2,1-2H3. The molecule has 29 heavy (non-hydrogen) atoms. The van der Waals surface area contributed by atoms with Gasteiger partial charge in [0.15, 0.2) is 0 Å². The van der Waals surface area contributed by atoms with Crippen molar-refractivity contribution >= 4 is 17.8 Å². The minimum absolute atomic E-state index is 0.00335. The van der Waals surface area contributed by atoms with E-state index in [1.165, 1.54) is 31.9 Å². The van der Waals surface area contributed by atoms with Crippen molar-refractivity contribution in [2.75, 3.05) is 66.0 Å². The molecule has 9 heteroatoms. The Balaban J connectivity index is 1.45. The Bertz CT molecular complexity index is 579. The monoisotopic (exact) mass is 409 g/mol. The zero-order chi connectivity index (χ0) is 20.8. The summed E-state index contributed by atoms with van der Waals surface area (Å²) in [7, 11) is 1.32. The van der Waals surface area contributed by atoms with Crippen LogP contribution in [-0.2, 0) is 19.1 Å². The molecular formula is C20H35N5O4. The van der Waals surface area contributed by atoms with Gasteiger partial charge in [-0.3, -0.25) is 24.3 Å². The second-order valence-corrected chi connectivity index (χ2v) is 8.22. The lowest BCUT2D eigenvalue weighted by atomic mass is 9.95. The Hall–Kier alpha value is -1.71. The third kappa shape index (κ3) is 5.67. The summed E-state index contributed by atoms with van der Waals surface area (Å²) in [5.74, 6) is -0.375. The first-order valence-electron chi connectivity index (χ1n) is 10.8. The van der Waals surface area contributed by atoms with E-state index < -0.39 is 5.97 Å². The van der Waals surface area contributed by atoms with Gasteiger partial charge in [-0.05, 0) is 38.8 Å². The molecule has 2 amide bonds. The third-order valence-corrected chi connectivity index (χ3v) is 6.48. The van der Waals surface area contributed by atoms with Crippen molar-refractivity contribution in [3.8, 4) is 0 Å². The van der Waals surface area contributed by atoms with Gasteiger partial charge in [-0.1, -0.05) is 0 Å². The molecule has 164 valence electrons. The maximum absolute atomic E-state index is 13.0. The number of piperazine rings is 1. The molecule has 0 aliphatic carbocycles. The SMILES string of the molecule is COC(=O)CN(C(C)=O)N1CCC(C(=O)N2CCN(C3CCNCC3)CC2)CC1. The highest BCUT2D eigenvalue weighted by Crippen LogP contribution is 2.23. The van der Waals surface area contributed by atoms with Crippen molar-refractivity contribution < 1.29 is 19.1 Å². The van der Waals surface area contributed by atoms with E-state index in [0.29, 0.717) is 32.0 Å². The number of piperidine rings is 2. The maximum Gasteiger partial charge on any atom is 0.327 e. The number of nitrogens with zero attached hydrogens (tertiary/aromatic N) is 4. The zero-order valence-electron chi connectivity index (χ0n) is 17.8. The number of nitrogens with one attached hydrogen (secondary N) is 1. The number of hydrogen-bond donors (Lipinski definition) is 1. The molecule has 3 saturated heterocycles. The van der Waals surface area contributed by atoms with Gasteiger partial charge in [-0.2, -0.15) is 0 Å². The highest BCUT2D eigenvalue weighted by molar-refractivity contribution is 5.80. The van der Waals surface area contributed by atoms with Gasteiger partial charge in [0.25, 0.3) is 0 Å². The van der Waals surface area contributed by atoms with E-state index >= 15 is 0 Å². The molecule has 3 aliphatic heterocycles. The molecule has 9 nitrogen and oxygen atoms in total. The van der Waals surface area contributed by atoms with E-state index in [4.69, 9.17) is 0 Å². The van der Waals surface area contributed by atoms with Crippen LogP contribution in [0.5, 0.6) is 0 Å². The number of esters is 1. The number of amides is 2. The molecule has 3 fully saturated rings. The van der Waals surface area contributed by atoms with Gasteiger partial charge in [-0.15, -0.1) is 0 Å². The van der Waals surface area contributed by atoms with Crippen molar-refractivity contribution in [3.05, 3.63) is 0 Å². The van der Waals surface area contributed by atoms with Crippen LogP contribution in [0.3, 0.4) is 0 Å². The fourth-order valence-corrected chi connectivity index (χ4v) is 4.69. The lowest BCUT2D eigenvalue weighted by Crippen LogP contribution is -2.56. The molecule has 0 aromatic carbocycles. The maximum atomic E-state index is 13.0. The second-order valence-electron chi connectivity index (χ2n) is 8.22. The van der Waals surface area contributed by atoms with Gasteiger partial charge in [-0.25, -0.2) is 5.01 Å². The Kier molecular flexibility index (Phi) is 7.85. The number of carbonyl (C=O) groups excluding carboxylic acids is 3. The van der Waals surface area contributed by atoms with Gasteiger partial charge in [0.05, 0.1) is 7.11 Å². The Morgan fingerprint density at radius 3 is 2.14 bits per heavy atom. The molecule has 3 rings (SSSR count). The van der Waals surface area contributed by atoms with Crippen LogP contribution in [0.15, 0.2) is 0 Å². The Morgan fingerprint density at radius 1 is 0.966 bits per heavy atom. The molecule has 3 heterocycles. The molecule has 0 aromatic heterocycles. The summed E-state index contributed by atoms with van der Waals surface area (Å²) in [5.41, 5.74) is 0. The van der Waals surface area contributed by atoms with Crippen LogP contribution in [0.25, 0.3) is 0 Å². The number of hydrazine groups is 1. The predicted molar refractivity (Wildman–Crippen MR) is 108 cm³/mol. The number of carbonyl (C=O) groups is 3. The van der Waals surface area contributed by atoms with Crippen molar-refractivity contribution in [1.82, 2.24) is 25.1 Å². The Labute approximate surface area is 173 Å². The van der Waals surface area contributed by atoms with E-state index in [1.807, 2.05) is 9.91 Å². The first-order valence-corrected chi connectivity index (χ1v) is 10.8. The van der Waals surface area contributed by atoms with Crippen LogP contribution in [0.2, 0.25) is 0 Å². The van der Waals surface area contributed by atoms with Crippen LogP contribution in [-0.4, -0.2) is 110 Å². The Morgan fingerprint density at radius 2 is 1.59 bits per heavy atom. The van der Waals surface area contributed by atoms with Crippen LogP contribution in [0, 0.1) is 5.92 Å². The number of rotatable bonds is 5. The molecule has 0 atom stereocenters. The minimum Gasteiger partial charge on any atom is -0.468 e. The average molecular weight is 410 g/mol. The molecule has 0 spiro atoms. The molecule has 0 unspecified atom stereocenters. The smallest absolute Gasteiger partial charge is 0.327 e. The largest absolute Gasteiger partial charge is 0.468 e. The minimum atomic E-state index is -0.440. The van der Waals surface area contributed by atoms with Gasteiger partial charge in [0.1, 0.15) is 6.54 Å². The summed E-state index contributed by atoms with van der Waals surface area (Å²) < 4.78 is 4.69. The summed E-state index contributed by atoms with van der Waals surface area (Å²) in [6, 6.07) is 0.657. The summed E-state index contributed by atoms with van der Waals surface area (Å²) in [5, 5.41) is 6.72. The van der Waals surface area contributed by atoms with E-state index in [2.05, 4.69) is 15.0 Å². The van der Waals surface area contributed by atoms with Crippen molar-refractivity contribution in [2.24, 2.45) is 5.92 Å². The quantitative estimate of drug-likeness (QED) is 0.615. The van der Waals surface area contributed by atoms with Gasteiger partial charge >= 0.3 is 5.97 Å². The third-order valence-electron chi connectivity index (χ3n) is 6.48. The first-order chi connectivity index (χ1) is 14.0. The molecule has 0 radical (unpaired) electrons.